The molecule has 0 bridgehead atoms. The maximum atomic E-state index is 11.2. The molecule has 2 radical (unpaired) electrons. The van der Waals surface area contributed by atoms with Gasteiger partial charge in [-0.25, -0.2) is 0 Å². The Bertz CT molecular complexity index is 651. The molecule has 0 aromatic carbocycles. The molecule has 39 heteroatoms. The van der Waals surface area contributed by atoms with Gasteiger partial charge in [0.1, 0.15) is 0 Å². The fraction of sp³-hybridized carbons (Fsp3) is 0. The van der Waals surface area contributed by atoms with Crippen molar-refractivity contribution in [3.63, 3.8) is 0 Å². The second-order valence-electron chi connectivity index (χ2n) is 3.96. The van der Waals surface area contributed by atoms with Crippen molar-refractivity contribution in [1.29, 1.82) is 0 Å². The molecule has 0 aromatic heterocycles. The third-order valence-electron chi connectivity index (χ3n) is 1.50. The average Bonchev–Trinajstić information content (AvgIpc) is 2.26. The molecule has 0 unspecified atom stereocenters. The van der Waals surface area contributed by atoms with Crippen LogP contribution in [0.15, 0.2) is 0 Å². The summed E-state index contributed by atoms with van der Waals surface area (Å²) < 4.78 is 55.2. The van der Waals surface area contributed by atoms with Crippen molar-refractivity contribution in [2.24, 2.45) is 0 Å². The molecule has 0 heterocycles. The SMILES string of the molecule is O=[Si](O[Si]([O-])([O-])[O-])O[Si]([O-])([O-])O[Si](=O)O[Si]([O-])([O-])O[Si]([O-])([O-])O[Si](=O)O[Si]([O-])([O-])[O-].[Fe+2].[Fe+2].[Fe+2].[Fe+3].[Fe+3].[Na+].[Na+].[OH-].[OH-]. The topological polar surface area (TPSA) is 453 Å². The van der Waals surface area contributed by atoms with E-state index in [0.29, 0.717) is 0 Å². The first kappa shape index (κ1) is 69.6. The van der Waals surface area contributed by atoms with Crippen LogP contribution in [-0.2, 0) is 128 Å². The van der Waals surface area contributed by atoms with E-state index in [0.717, 1.165) is 0 Å². The van der Waals surface area contributed by atoms with Gasteiger partial charge < -0.3 is 97.3 Å². The second kappa shape index (κ2) is 28.2. The van der Waals surface area contributed by atoms with Gasteiger partial charge in [0, 0.05) is 0 Å². The molecular weight excluding hydrogens is 934 g/mol. The van der Waals surface area contributed by atoms with E-state index in [1.54, 1.807) is 0 Å². The summed E-state index contributed by atoms with van der Waals surface area (Å²) in [6, 6.07) is 0. The molecule has 0 aliphatic carbocycles. The van der Waals surface area contributed by atoms with Crippen LogP contribution >= 0.6 is 0 Å². The van der Waals surface area contributed by atoms with E-state index >= 15 is 0 Å². The summed E-state index contributed by atoms with van der Waals surface area (Å²) in [7, 11) is -46.8. The summed E-state index contributed by atoms with van der Waals surface area (Å²) in [4.78, 5) is 127. The van der Waals surface area contributed by atoms with E-state index in [4.69, 9.17) is 0 Å². The molecule has 0 spiro atoms. The Hall–Kier alpha value is 3.93. The molecule has 0 saturated heterocycles. The van der Waals surface area contributed by atoms with Crippen LogP contribution in [0.5, 0.6) is 0 Å². The average molecular weight is 936 g/mol. The Morgan fingerprint density at radius 2 is 0.590 bits per heavy atom. The van der Waals surface area contributed by atoms with Crippen LogP contribution in [0.4, 0.5) is 0 Å². The smallest absolute Gasteiger partial charge is 0.870 e. The van der Waals surface area contributed by atoms with Gasteiger partial charge in [-0.05, 0) is 0 Å². The van der Waals surface area contributed by atoms with E-state index in [1.807, 2.05) is 0 Å². The molecule has 0 aliphatic rings. The second-order valence-corrected chi connectivity index (χ2v) is 16.2. The van der Waals surface area contributed by atoms with Crippen molar-refractivity contribution in [3.8, 4) is 0 Å². The summed E-state index contributed by atoms with van der Waals surface area (Å²) in [5.74, 6) is 0. The van der Waals surface area contributed by atoms with Gasteiger partial charge >= 0.3 is 172 Å². The van der Waals surface area contributed by atoms with Gasteiger partial charge in [-0.3, -0.25) is 13.4 Å². The summed E-state index contributed by atoms with van der Waals surface area (Å²) >= 11 is 0. The Balaban J connectivity index is -0.000000117. The fourth-order valence-electron chi connectivity index (χ4n) is 0.890. The third kappa shape index (κ3) is 41.9. The first-order valence-electron chi connectivity index (χ1n) is 5.92. The van der Waals surface area contributed by atoms with Gasteiger partial charge in [-0.1, -0.05) is 18.1 Å². The Kier molecular flexibility index (Phi) is 50.3. The summed E-state index contributed by atoms with van der Waals surface area (Å²) in [6.45, 7) is 0. The molecule has 0 rings (SSSR count). The molecule has 0 aromatic rings. The Labute approximate surface area is 323 Å². The summed E-state index contributed by atoms with van der Waals surface area (Å²) in [6.07, 6.45) is 0. The van der Waals surface area contributed by atoms with Crippen LogP contribution in [-0.4, -0.2) is 83.7 Å². The monoisotopic (exact) mass is 935 g/mol. The van der Waals surface area contributed by atoms with E-state index in [-0.39, 0.29) is 155 Å². The fourth-order valence-corrected chi connectivity index (χ4v) is 10.3. The van der Waals surface area contributed by atoms with Crippen LogP contribution in [0.1, 0.15) is 0 Å². The quantitative estimate of drug-likeness (QED) is 0.146. The predicted molar refractivity (Wildman–Crippen MR) is 59.6 cm³/mol. The van der Waals surface area contributed by atoms with Crippen LogP contribution < -0.4 is 117 Å². The maximum absolute atomic E-state index is 11.2. The molecule has 220 valence electrons. The largest absolute Gasteiger partial charge is 3.00 e. The van der Waals surface area contributed by atoms with Crippen LogP contribution in [0.2, 0.25) is 0 Å². The van der Waals surface area contributed by atoms with Crippen LogP contribution in [0, 0.1) is 0 Å². The Morgan fingerprint density at radius 1 is 0.410 bits per heavy atom. The molecule has 0 saturated carbocycles. The predicted octanol–water partition coefficient (Wildman–Crippen LogP) is -24.5. The third-order valence-corrected chi connectivity index (χ3v) is 13.5. The molecule has 0 amide bonds. The van der Waals surface area contributed by atoms with Crippen LogP contribution in [0.25, 0.3) is 0 Å². The van der Waals surface area contributed by atoms with Crippen LogP contribution in [0.3, 0.4) is 0 Å². The molecular formula is H2Fe5Na2O24Si8. The number of hydrogen-bond donors (Lipinski definition) is 0. The van der Waals surface area contributed by atoms with E-state index < -0.39 is 72.8 Å². The summed E-state index contributed by atoms with van der Waals surface area (Å²) in [5.41, 5.74) is 0. The standard InChI is InChI=1S/5Fe.2Na.O22Si8.2H2O/c;;;;;;;1-23(16-26(4,5)6)18-28(10,11)19-25(3)21-30(14,15)22-29(12,13)20-24(2)17-27(7,8)9;;/h;;;;;;;;2*1H2/q3*+2;2*+3;2*+1;-12;;/p-2. The molecule has 24 nitrogen and oxygen atoms in total. The normalized spacial score (nSPS) is 10.2. The van der Waals surface area contributed by atoms with Crippen molar-refractivity contribution in [2.75, 3.05) is 0 Å². The van der Waals surface area contributed by atoms with Gasteiger partial charge in [0.2, 0.25) is 0 Å². The number of hydrogen-bond acceptors (Lipinski definition) is 24. The zero-order valence-corrected chi connectivity index (χ0v) is 35.2. The Morgan fingerprint density at radius 3 is 0.795 bits per heavy atom. The van der Waals surface area contributed by atoms with Crippen molar-refractivity contribution in [2.45, 2.75) is 0 Å². The van der Waals surface area contributed by atoms with Crippen molar-refractivity contribution < 1.29 is 255 Å². The molecule has 0 atom stereocenters. The van der Waals surface area contributed by atoms with Crippen molar-refractivity contribution >= 4 is 72.8 Å². The van der Waals surface area contributed by atoms with Crippen molar-refractivity contribution in [1.82, 2.24) is 0 Å². The molecule has 0 fully saturated rings. The van der Waals surface area contributed by atoms with Gasteiger partial charge in [-0.2, -0.15) is 0 Å². The molecule has 0 aliphatic heterocycles. The van der Waals surface area contributed by atoms with E-state index in [1.165, 1.54) is 0 Å². The van der Waals surface area contributed by atoms with E-state index in [9.17, 15) is 70.9 Å². The van der Waals surface area contributed by atoms with Crippen molar-refractivity contribution in [3.05, 3.63) is 0 Å². The van der Waals surface area contributed by atoms with E-state index in [2.05, 4.69) is 28.8 Å². The van der Waals surface area contributed by atoms with Gasteiger partial charge in [0.05, 0.1) is 0 Å². The minimum Gasteiger partial charge on any atom is -0.870 e. The number of rotatable bonds is 14. The minimum absolute atomic E-state index is 0. The zero-order valence-electron chi connectivity index (χ0n) is 17.6. The van der Waals surface area contributed by atoms with Gasteiger partial charge in [-0.15, -0.1) is 0 Å². The molecule has 2 N–H and O–H groups in total. The van der Waals surface area contributed by atoms with Gasteiger partial charge in [0.25, 0.3) is 9.05 Å². The minimum atomic E-state index is -6.74. The first-order valence-corrected chi connectivity index (χ1v) is 17.8. The maximum Gasteiger partial charge on any atom is 3.00 e. The zero-order chi connectivity index (χ0) is 24.2. The molecule has 39 heavy (non-hydrogen) atoms. The van der Waals surface area contributed by atoms with Gasteiger partial charge in [0.15, 0.2) is 18.1 Å². The summed E-state index contributed by atoms with van der Waals surface area (Å²) in [5, 5.41) is 0. The first-order chi connectivity index (χ1) is 13.0.